The van der Waals surface area contributed by atoms with Crippen LogP contribution in [0.15, 0.2) is 29.4 Å². The van der Waals surface area contributed by atoms with Crippen molar-refractivity contribution in [1.29, 1.82) is 0 Å². The number of rotatable bonds is 8. The fraction of sp³-hybridized carbons (Fsp3) is 0.300. The number of hydrogen-bond acceptors (Lipinski definition) is 9. The molecular weight excluding hydrogens is 454 g/mol. The lowest BCUT2D eigenvalue weighted by molar-refractivity contribution is -0.384. The fourth-order valence-corrected chi connectivity index (χ4v) is 4.66. The van der Waals surface area contributed by atoms with Crippen LogP contribution in [-0.4, -0.2) is 43.9 Å². The molecule has 0 aliphatic carbocycles. The van der Waals surface area contributed by atoms with Crippen LogP contribution in [-0.2, 0) is 16.6 Å². The molecule has 3 aromatic rings. The Bertz CT molecular complexity index is 1170. The van der Waals surface area contributed by atoms with Gasteiger partial charge in [-0.1, -0.05) is 11.8 Å². The highest BCUT2D eigenvalue weighted by Crippen LogP contribution is 2.33. The second kappa shape index (κ2) is 9.92. The number of non-ortho nitro benzene ring substituents is 1. The number of amides is 1. The molecule has 0 aliphatic heterocycles. The predicted molar refractivity (Wildman–Crippen MR) is 122 cm³/mol. The number of ether oxygens (including phenoxy) is 1. The van der Waals surface area contributed by atoms with E-state index in [1.807, 2.05) is 13.8 Å². The Hall–Kier alpha value is -3.25. The van der Waals surface area contributed by atoms with E-state index in [1.54, 1.807) is 30.7 Å². The Morgan fingerprint density at radius 1 is 1.25 bits per heavy atom. The third-order valence-electron chi connectivity index (χ3n) is 4.62. The van der Waals surface area contributed by atoms with Crippen LogP contribution in [0.1, 0.15) is 27.7 Å². The van der Waals surface area contributed by atoms with Gasteiger partial charge in [-0.05, 0) is 38.5 Å². The maximum atomic E-state index is 12.5. The van der Waals surface area contributed by atoms with Crippen molar-refractivity contribution in [3.8, 4) is 11.4 Å². The zero-order valence-electron chi connectivity index (χ0n) is 17.9. The minimum Gasteiger partial charge on any atom is -0.462 e. The number of hydrogen-bond donors (Lipinski definition) is 1. The average molecular weight is 476 g/mol. The third-order valence-corrected chi connectivity index (χ3v) is 6.76. The number of aryl methyl sites for hydroxylation is 1. The van der Waals surface area contributed by atoms with Gasteiger partial charge in [0.2, 0.25) is 5.91 Å². The molecule has 12 heteroatoms. The van der Waals surface area contributed by atoms with Crippen LogP contribution in [0.5, 0.6) is 0 Å². The summed E-state index contributed by atoms with van der Waals surface area (Å²) in [5.74, 6) is -0.165. The van der Waals surface area contributed by atoms with E-state index in [-0.39, 0.29) is 24.0 Å². The fourth-order valence-electron chi connectivity index (χ4n) is 2.88. The Morgan fingerprint density at radius 3 is 2.56 bits per heavy atom. The summed E-state index contributed by atoms with van der Waals surface area (Å²) in [4.78, 5) is 36.1. The molecular formula is C20H21N5O5S2. The molecule has 168 valence electrons. The standard InChI is InChI=1S/C20H21N5O5S2/c1-5-30-19(27)16-11(2)12(3)32-18(16)21-15(26)10-31-20-23-22-17(24(20)4)13-6-8-14(9-7-13)25(28)29/h6-9H,5,10H2,1-4H3,(H,21,26). The van der Waals surface area contributed by atoms with Gasteiger partial charge in [-0.25, -0.2) is 4.79 Å². The number of carbonyl (C=O) groups is 2. The zero-order valence-corrected chi connectivity index (χ0v) is 19.5. The molecule has 0 aliphatic rings. The number of aromatic nitrogens is 3. The SMILES string of the molecule is CCOC(=O)c1c(NC(=O)CSc2nnc(-c3ccc([N+](=O)[O-])cc3)n2C)sc(C)c1C. The molecule has 1 amide bonds. The van der Waals surface area contributed by atoms with Crippen LogP contribution in [0.25, 0.3) is 11.4 Å². The van der Waals surface area contributed by atoms with Crippen molar-refractivity contribution in [2.75, 3.05) is 17.7 Å². The lowest BCUT2D eigenvalue weighted by Crippen LogP contribution is -2.16. The molecule has 10 nitrogen and oxygen atoms in total. The predicted octanol–water partition coefficient (Wildman–Crippen LogP) is 3.98. The van der Waals surface area contributed by atoms with Gasteiger partial charge in [0.15, 0.2) is 11.0 Å². The quantitative estimate of drug-likeness (QED) is 0.224. The van der Waals surface area contributed by atoms with Crippen LogP contribution in [0.3, 0.4) is 0 Å². The van der Waals surface area contributed by atoms with E-state index in [4.69, 9.17) is 4.74 Å². The first-order chi connectivity index (χ1) is 15.2. The highest BCUT2D eigenvalue weighted by atomic mass is 32.2. The molecule has 0 atom stereocenters. The first kappa shape index (κ1) is 23.4. The molecule has 0 bridgehead atoms. The number of esters is 1. The van der Waals surface area contributed by atoms with Gasteiger partial charge in [-0.3, -0.25) is 14.9 Å². The minimum absolute atomic E-state index is 0.0107. The van der Waals surface area contributed by atoms with Crippen LogP contribution in [0, 0.1) is 24.0 Å². The molecule has 3 rings (SSSR count). The Labute approximate surface area is 192 Å². The van der Waals surface area contributed by atoms with E-state index >= 15 is 0 Å². The zero-order chi connectivity index (χ0) is 23.4. The Kier molecular flexibility index (Phi) is 7.26. The van der Waals surface area contributed by atoms with Gasteiger partial charge < -0.3 is 14.6 Å². The van der Waals surface area contributed by atoms with Gasteiger partial charge in [-0.2, -0.15) is 0 Å². The molecule has 0 radical (unpaired) electrons. The largest absolute Gasteiger partial charge is 0.462 e. The number of nitro benzene ring substituents is 1. The van der Waals surface area contributed by atoms with Gasteiger partial charge in [0.1, 0.15) is 5.00 Å². The van der Waals surface area contributed by atoms with Gasteiger partial charge in [0, 0.05) is 29.6 Å². The molecule has 0 fully saturated rings. The number of anilines is 1. The number of nitrogens with zero attached hydrogens (tertiary/aromatic N) is 4. The van der Waals surface area contributed by atoms with Gasteiger partial charge >= 0.3 is 5.97 Å². The van der Waals surface area contributed by atoms with E-state index in [0.717, 1.165) is 10.4 Å². The Morgan fingerprint density at radius 2 is 1.94 bits per heavy atom. The summed E-state index contributed by atoms with van der Waals surface area (Å²) in [7, 11) is 1.75. The summed E-state index contributed by atoms with van der Waals surface area (Å²) in [5.41, 5.74) is 1.83. The number of carbonyl (C=O) groups excluding carboxylic acids is 2. The maximum absolute atomic E-state index is 12.5. The number of benzene rings is 1. The van der Waals surface area contributed by atoms with Crippen LogP contribution in [0.4, 0.5) is 10.7 Å². The topological polar surface area (TPSA) is 129 Å². The molecule has 0 unspecified atom stereocenters. The van der Waals surface area contributed by atoms with Crippen LogP contribution < -0.4 is 5.32 Å². The smallest absolute Gasteiger partial charge is 0.341 e. The number of thiophene rings is 1. The number of thioether (sulfide) groups is 1. The molecule has 1 aromatic carbocycles. The van der Waals surface area contributed by atoms with Crippen LogP contribution >= 0.6 is 23.1 Å². The summed E-state index contributed by atoms with van der Waals surface area (Å²) >= 11 is 2.52. The second-order valence-electron chi connectivity index (χ2n) is 6.71. The van der Waals surface area contributed by atoms with Crippen molar-refractivity contribution in [1.82, 2.24) is 14.8 Å². The van der Waals surface area contributed by atoms with Crippen molar-refractivity contribution >= 4 is 45.7 Å². The van der Waals surface area contributed by atoms with E-state index < -0.39 is 10.9 Å². The molecule has 2 heterocycles. The summed E-state index contributed by atoms with van der Waals surface area (Å²) in [5, 5.41) is 22.8. The van der Waals surface area contributed by atoms with Crippen molar-refractivity contribution in [3.05, 3.63) is 50.4 Å². The lowest BCUT2D eigenvalue weighted by Gasteiger charge is -2.07. The van der Waals surface area contributed by atoms with Crippen molar-refractivity contribution in [2.24, 2.45) is 7.05 Å². The minimum atomic E-state index is -0.468. The summed E-state index contributed by atoms with van der Waals surface area (Å²) < 4.78 is 6.82. The molecule has 1 N–H and O–H groups in total. The molecule has 0 saturated heterocycles. The third kappa shape index (κ3) is 4.97. The van der Waals surface area contributed by atoms with Gasteiger partial charge in [0.25, 0.3) is 5.69 Å². The summed E-state index contributed by atoms with van der Waals surface area (Å²) in [6.45, 7) is 5.68. The first-order valence-electron chi connectivity index (χ1n) is 9.56. The van der Waals surface area contributed by atoms with Crippen molar-refractivity contribution in [3.63, 3.8) is 0 Å². The highest BCUT2D eigenvalue weighted by molar-refractivity contribution is 7.99. The van der Waals surface area contributed by atoms with E-state index in [9.17, 15) is 19.7 Å². The molecule has 0 saturated carbocycles. The Balaban J connectivity index is 1.68. The summed E-state index contributed by atoms with van der Waals surface area (Å²) in [6, 6.07) is 6.00. The van der Waals surface area contributed by atoms with Crippen molar-refractivity contribution in [2.45, 2.75) is 25.9 Å². The molecule has 2 aromatic heterocycles. The summed E-state index contributed by atoms with van der Waals surface area (Å²) in [6.07, 6.45) is 0. The number of nitro groups is 1. The first-order valence-corrected chi connectivity index (χ1v) is 11.4. The van der Waals surface area contributed by atoms with E-state index in [2.05, 4.69) is 15.5 Å². The van der Waals surface area contributed by atoms with Crippen LogP contribution in [0.2, 0.25) is 0 Å². The molecule has 0 spiro atoms. The van der Waals surface area contributed by atoms with E-state index in [0.29, 0.717) is 27.1 Å². The maximum Gasteiger partial charge on any atom is 0.341 e. The van der Waals surface area contributed by atoms with Crippen molar-refractivity contribution < 1.29 is 19.2 Å². The monoisotopic (exact) mass is 475 g/mol. The van der Waals surface area contributed by atoms with Gasteiger partial charge in [-0.15, -0.1) is 21.5 Å². The number of nitrogens with one attached hydrogen (secondary N) is 1. The molecule has 32 heavy (non-hydrogen) atoms. The second-order valence-corrected chi connectivity index (χ2v) is 8.88. The normalized spacial score (nSPS) is 10.8. The van der Waals surface area contributed by atoms with E-state index in [1.165, 1.54) is 35.2 Å². The average Bonchev–Trinajstić information content (AvgIpc) is 3.25. The van der Waals surface area contributed by atoms with Gasteiger partial charge in [0.05, 0.1) is 22.8 Å². The lowest BCUT2D eigenvalue weighted by atomic mass is 10.1. The highest BCUT2D eigenvalue weighted by Gasteiger charge is 2.22.